The van der Waals surface area contributed by atoms with Gasteiger partial charge in [0.2, 0.25) is 5.13 Å². The molecule has 0 aliphatic heterocycles. The number of carbonyl (C=O) groups is 1. The first-order valence-electron chi connectivity index (χ1n) is 7.76. The smallest absolute Gasteiger partial charge is 0.321 e. The highest BCUT2D eigenvalue weighted by Gasteiger charge is 2.26. The molecular formula is C15H28N4O2S. The van der Waals surface area contributed by atoms with Gasteiger partial charge in [-0.05, 0) is 24.7 Å². The van der Waals surface area contributed by atoms with E-state index in [0.717, 1.165) is 17.8 Å². The molecule has 126 valence electrons. The number of amides is 2. The number of rotatable bonds is 7. The van der Waals surface area contributed by atoms with E-state index < -0.39 is 0 Å². The number of nitrogens with zero attached hydrogens (tertiary/aromatic N) is 2. The van der Waals surface area contributed by atoms with Crippen LogP contribution in [0, 0.1) is 5.41 Å². The van der Waals surface area contributed by atoms with Crippen LogP contribution in [0.15, 0.2) is 0 Å². The van der Waals surface area contributed by atoms with E-state index in [0.29, 0.717) is 18.1 Å². The molecule has 7 heteroatoms. The molecule has 0 spiro atoms. The highest BCUT2D eigenvalue weighted by atomic mass is 32.1. The second-order valence-electron chi connectivity index (χ2n) is 6.65. The fourth-order valence-electron chi connectivity index (χ4n) is 2.17. The standard InChI is InChI=1S/C15H28N4O2S/c1-6-15(7-2,8-9-20)10-16-12(21)17-13-19-18-11(22-13)14(3,4)5/h20H,6-10H2,1-5H3,(H2,16,17,19,21). The van der Waals surface area contributed by atoms with Crippen molar-refractivity contribution >= 4 is 22.5 Å². The van der Waals surface area contributed by atoms with Crippen LogP contribution < -0.4 is 10.6 Å². The van der Waals surface area contributed by atoms with Crippen molar-refractivity contribution in [2.75, 3.05) is 18.5 Å². The average molecular weight is 328 g/mol. The van der Waals surface area contributed by atoms with Crippen LogP contribution >= 0.6 is 11.3 Å². The van der Waals surface area contributed by atoms with Crippen LogP contribution in [-0.4, -0.2) is 34.5 Å². The van der Waals surface area contributed by atoms with Gasteiger partial charge in [-0.1, -0.05) is 46.0 Å². The van der Waals surface area contributed by atoms with E-state index >= 15 is 0 Å². The van der Waals surface area contributed by atoms with Crippen LogP contribution in [0.4, 0.5) is 9.93 Å². The highest BCUT2D eigenvalue weighted by molar-refractivity contribution is 7.15. The highest BCUT2D eigenvalue weighted by Crippen LogP contribution is 2.30. The lowest BCUT2D eigenvalue weighted by Gasteiger charge is -2.31. The number of hydrogen-bond acceptors (Lipinski definition) is 5. The minimum atomic E-state index is -0.277. The number of hydrogen-bond donors (Lipinski definition) is 3. The predicted molar refractivity (Wildman–Crippen MR) is 90.3 cm³/mol. The van der Waals surface area contributed by atoms with Crippen molar-refractivity contribution in [1.82, 2.24) is 15.5 Å². The molecule has 0 atom stereocenters. The molecule has 6 nitrogen and oxygen atoms in total. The summed E-state index contributed by atoms with van der Waals surface area (Å²) in [5, 5.41) is 24.3. The maximum Gasteiger partial charge on any atom is 0.321 e. The molecule has 0 radical (unpaired) electrons. The van der Waals surface area contributed by atoms with Gasteiger partial charge in [0, 0.05) is 18.6 Å². The number of urea groups is 1. The molecule has 3 N–H and O–H groups in total. The van der Waals surface area contributed by atoms with Gasteiger partial charge >= 0.3 is 6.03 Å². The van der Waals surface area contributed by atoms with Gasteiger partial charge in [0.05, 0.1) is 0 Å². The quantitative estimate of drug-likeness (QED) is 0.717. The first kappa shape index (κ1) is 18.8. The third kappa shape index (κ3) is 5.21. The van der Waals surface area contributed by atoms with Crippen molar-refractivity contribution in [1.29, 1.82) is 0 Å². The van der Waals surface area contributed by atoms with E-state index in [1.807, 2.05) is 0 Å². The minimum absolute atomic E-state index is 0.0518. The lowest BCUT2D eigenvalue weighted by Crippen LogP contribution is -2.39. The van der Waals surface area contributed by atoms with E-state index in [1.165, 1.54) is 11.3 Å². The third-order valence-corrected chi connectivity index (χ3v) is 5.32. The zero-order chi connectivity index (χ0) is 16.8. The van der Waals surface area contributed by atoms with Crippen LogP contribution in [-0.2, 0) is 5.41 Å². The monoisotopic (exact) mass is 328 g/mol. The Kier molecular flexibility index (Phi) is 6.74. The summed E-state index contributed by atoms with van der Waals surface area (Å²) in [5.74, 6) is 0. The largest absolute Gasteiger partial charge is 0.396 e. The van der Waals surface area contributed by atoms with Crippen molar-refractivity contribution in [2.45, 2.75) is 59.3 Å². The summed E-state index contributed by atoms with van der Waals surface area (Å²) in [6.45, 7) is 11.0. The third-order valence-electron chi connectivity index (χ3n) is 4.05. The first-order valence-corrected chi connectivity index (χ1v) is 8.57. The molecule has 0 aliphatic rings. The summed E-state index contributed by atoms with van der Waals surface area (Å²) in [7, 11) is 0. The molecule has 0 aliphatic carbocycles. The van der Waals surface area contributed by atoms with E-state index in [2.05, 4.69) is 55.4 Å². The average Bonchev–Trinajstić information content (AvgIpc) is 2.92. The Bertz CT molecular complexity index is 478. The molecule has 0 fully saturated rings. The van der Waals surface area contributed by atoms with Crippen LogP contribution in [0.1, 0.15) is 58.9 Å². The van der Waals surface area contributed by atoms with Gasteiger partial charge in [-0.3, -0.25) is 5.32 Å². The molecule has 1 rings (SSSR count). The van der Waals surface area contributed by atoms with Gasteiger partial charge in [-0.15, -0.1) is 10.2 Å². The first-order chi connectivity index (χ1) is 10.3. The van der Waals surface area contributed by atoms with Gasteiger partial charge in [-0.25, -0.2) is 4.79 Å². The zero-order valence-corrected chi connectivity index (χ0v) is 15.0. The lowest BCUT2D eigenvalue weighted by atomic mass is 9.79. The second-order valence-corrected chi connectivity index (χ2v) is 7.63. The molecule has 0 saturated heterocycles. The summed E-state index contributed by atoms with van der Waals surface area (Å²) in [6, 6.07) is -0.277. The Morgan fingerprint density at radius 1 is 1.23 bits per heavy atom. The van der Waals surface area contributed by atoms with E-state index in [4.69, 9.17) is 0 Å². The number of aromatic nitrogens is 2. The Balaban J connectivity index is 2.57. The van der Waals surface area contributed by atoms with Gasteiger partial charge in [-0.2, -0.15) is 0 Å². The van der Waals surface area contributed by atoms with E-state index in [9.17, 15) is 9.90 Å². The Hall–Kier alpha value is -1.21. The summed E-state index contributed by atoms with van der Waals surface area (Å²) < 4.78 is 0. The maximum atomic E-state index is 12.0. The molecule has 2 amide bonds. The predicted octanol–water partition coefficient (Wildman–Crippen LogP) is 3.15. The van der Waals surface area contributed by atoms with Gasteiger partial charge < -0.3 is 10.4 Å². The van der Waals surface area contributed by atoms with Crippen molar-refractivity contribution < 1.29 is 9.90 Å². The van der Waals surface area contributed by atoms with E-state index in [-0.39, 0.29) is 23.5 Å². The van der Waals surface area contributed by atoms with Crippen molar-refractivity contribution in [3.05, 3.63) is 5.01 Å². The molecule has 22 heavy (non-hydrogen) atoms. The number of anilines is 1. The molecule has 1 heterocycles. The van der Waals surface area contributed by atoms with Crippen molar-refractivity contribution in [3.63, 3.8) is 0 Å². The molecule has 1 aromatic rings. The summed E-state index contributed by atoms with van der Waals surface area (Å²) >= 11 is 1.39. The van der Waals surface area contributed by atoms with Gasteiger partial charge in [0.15, 0.2) is 0 Å². The molecule has 0 bridgehead atoms. The fourth-order valence-corrected chi connectivity index (χ4v) is 2.96. The number of nitrogens with one attached hydrogen (secondary N) is 2. The summed E-state index contributed by atoms with van der Waals surface area (Å²) in [6.07, 6.45) is 2.52. The van der Waals surface area contributed by atoms with Crippen molar-refractivity contribution in [2.24, 2.45) is 5.41 Å². The molecule has 0 saturated carbocycles. The number of aliphatic hydroxyl groups excluding tert-OH is 1. The molecular weight excluding hydrogens is 300 g/mol. The normalized spacial score (nSPS) is 12.3. The maximum absolute atomic E-state index is 12.0. The summed E-state index contributed by atoms with van der Waals surface area (Å²) in [5.41, 5.74) is -0.126. The molecule has 0 aromatic carbocycles. The van der Waals surface area contributed by atoms with Crippen molar-refractivity contribution in [3.8, 4) is 0 Å². The summed E-state index contributed by atoms with van der Waals surface area (Å²) in [4.78, 5) is 12.0. The van der Waals surface area contributed by atoms with E-state index in [1.54, 1.807) is 0 Å². The molecule has 1 aromatic heterocycles. The van der Waals surface area contributed by atoms with Crippen LogP contribution in [0.2, 0.25) is 0 Å². The van der Waals surface area contributed by atoms with Crippen LogP contribution in [0.25, 0.3) is 0 Å². The topological polar surface area (TPSA) is 87.1 Å². The lowest BCUT2D eigenvalue weighted by molar-refractivity contribution is 0.165. The number of aliphatic hydroxyl groups is 1. The second kappa shape index (κ2) is 7.87. The van der Waals surface area contributed by atoms with Gasteiger partial charge in [0.1, 0.15) is 5.01 Å². The Morgan fingerprint density at radius 3 is 2.32 bits per heavy atom. The van der Waals surface area contributed by atoms with Gasteiger partial charge in [0.25, 0.3) is 0 Å². The minimum Gasteiger partial charge on any atom is -0.396 e. The van der Waals surface area contributed by atoms with Crippen LogP contribution in [0.3, 0.4) is 0 Å². The Labute approximate surface area is 136 Å². The zero-order valence-electron chi connectivity index (χ0n) is 14.2. The van der Waals surface area contributed by atoms with Crippen LogP contribution in [0.5, 0.6) is 0 Å². The Morgan fingerprint density at radius 2 is 1.86 bits per heavy atom. The SMILES string of the molecule is CCC(CC)(CCO)CNC(=O)Nc1nnc(C(C)(C)C)s1. The number of carbonyl (C=O) groups excluding carboxylic acids is 1. The molecule has 0 unspecified atom stereocenters. The fraction of sp³-hybridized carbons (Fsp3) is 0.800.